The molecule has 2 atom stereocenters. The van der Waals surface area contributed by atoms with Crippen LogP contribution in [0.4, 0.5) is 13.2 Å². The Bertz CT molecular complexity index is 1930. The van der Waals surface area contributed by atoms with Gasteiger partial charge in [0.25, 0.3) is 5.91 Å². The van der Waals surface area contributed by atoms with Gasteiger partial charge >= 0.3 is 21.6 Å². The molecule has 12 nitrogen and oxygen atoms in total. The van der Waals surface area contributed by atoms with Crippen LogP contribution in [-0.4, -0.2) is 69.4 Å². The predicted molar refractivity (Wildman–Crippen MR) is 171 cm³/mol. The van der Waals surface area contributed by atoms with E-state index in [0.717, 1.165) is 0 Å². The molecular formula is C30H26ClF3N2O10S3. The number of β-lactam (4-membered cyclic amide) rings is 1. The fourth-order valence-electron chi connectivity index (χ4n) is 4.30. The van der Waals surface area contributed by atoms with Crippen molar-refractivity contribution in [3.05, 3.63) is 108 Å². The number of allylic oxidation sites excluding steroid dienone is 1. The van der Waals surface area contributed by atoms with Gasteiger partial charge in [-0.1, -0.05) is 60.7 Å². The Morgan fingerprint density at radius 2 is 1.51 bits per heavy atom. The second-order valence-corrected chi connectivity index (χ2v) is 15.7. The number of hydrogen-bond donors (Lipinski definition) is 1. The first kappa shape index (κ1) is 37.6. The summed E-state index contributed by atoms with van der Waals surface area (Å²) < 4.78 is 105. The van der Waals surface area contributed by atoms with Crippen molar-refractivity contribution >= 4 is 59.2 Å². The van der Waals surface area contributed by atoms with E-state index < -0.39 is 77.6 Å². The maximum atomic E-state index is 13.6. The molecule has 1 aliphatic heterocycles. The Morgan fingerprint density at radius 3 is 2.06 bits per heavy atom. The number of hydrogen-bond acceptors (Lipinski definition) is 11. The van der Waals surface area contributed by atoms with Gasteiger partial charge in [0, 0.05) is 10.8 Å². The van der Waals surface area contributed by atoms with Crippen LogP contribution < -0.4 is 10.1 Å². The van der Waals surface area contributed by atoms with Crippen LogP contribution in [0.5, 0.6) is 5.75 Å². The quantitative estimate of drug-likeness (QED) is 0.0368. The molecule has 3 aromatic rings. The molecule has 1 fully saturated rings. The SMILES string of the molecule is COc1ccc(COC(=O)/C(=C(/CCl)OS(=O)(=O)C(F)(F)F)N2C(=O)[C@@H](NC(=O)Cc3ccccc3)[C@H]2SS(=O)(=O)c2ccccc2)cc1. The van der Waals surface area contributed by atoms with E-state index >= 15 is 0 Å². The van der Waals surface area contributed by atoms with Crippen molar-refractivity contribution < 1.29 is 58.0 Å². The van der Waals surface area contributed by atoms with Gasteiger partial charge in [0.1, 0.15) is 23.8 Å². The van der Waals surface area contributed by atoms with Crippen molar-refractivity contribution in [2.75, 3.05) is 13.0 Å². The molecule has 1 aliphatic rings. The third kappa shape index (κ3) is 9.05. The molecule has 0 aliphatic carbocycles. The molecule has 0 saturated carbocycles. The normalized spacial score (nSPS) is 17.0. The zero-order valence-corrected chi connectivity index (χ0v) is 28.3. The molecule has 262 valence electrons. The van der Waals surface area contributed by atoms with E-state index in [1.165, 1.54) is 61.7 Å². The van der Waals surface area contributed by atoms with Crippen LogP contribution in [0, 0.1) is 0 Å². The van der Waals surface area contributed by atoms with Crippen LogP contribution in [0.15, 0.2) is 101 Å². The Balaban J connectivity index is 1.76. The van der Waals surface area contributed by atoms with E-state index in [0.29, 0.717) is 21.8 Å². The van der Waals surface area contributed by atoms with E-state index in [1.54, 1.807) is 30.3 Å². The van der Waals surface area contributed by atoms with Gasteiger partial charge in [0.2, 0.25) is 14.8 Å². The monoisotopic (exact) mass is 762 g/mol. The summed E-state index contributed by atoms with van der Waals surface area (Å²) in [5.74, 6) is -5.70. The average molecular weight is 763 g/mol. The van der Waals surface area contributed by atoms with E-state index in [2.05, 4.69) is 9.50 Å². The summed E-state index contributed by atoms with van der Waals surface area (Å²) in [6.45, 7) is -0.548. The molecule has 2 amide bonds. The number of esters is 1. The highest BCUT2D eigenvalue weighted by molar-refractivity contribution is 8.72. The number of alkyl halides is 4. The molecule has 4 rings (SSSR count). The van der Waals surface area contributed by atoms with E-state index in [1.807, 2.05) is 0 Å². The summed E-state index contributed by atoms with van der Waals surface area (Å²) >= 11 is 5.80. The van der Waals surface area contributed by atoms with Crippen molar-refractivity contribution in [2.24, 2.45) is 0 Å². The summed E-state index contributed by atoms with van der Waals surface area (Å²) in [6, 6.07) is 19.3. The number of halogens is 4. The standard InChI is InChI=1S/C30H26ClF3N2O10S3/c1-44-21-14-12-20(13-15-21)18-45-29(39)26(23(17-31)46-49(42,43)30(32,33)34)36-27(38)25(35-24(37)16-19-8-4-2-5-9-19)28(36)47-48(40,41)22-10-6-3-7-11-22/h2-15,25,28H,16-18H2,1H3,(H,35,37)/b26-23+/t25-,28-/m1/s1. The van der Waals surface area contributed by atoms with E-state index in [-0.39, 0.29) is 22.1 Å². The number of ether oxygens (including phenoxy) is 2. The molecule has 1 heterocycles. The number of methoxy groups -OCH3 is 1. The summed E-state index contributed by atoms with van der Waals surface area (Å²) in [4.78, 5) is 40.2. The van der Waals surface area contributed by atoms with Crippen molar-refractivity contribution in [3.8, 4) is 5.75 Å². The second kappa shape index (κ2) is 15.5. The maximum Gasteiger partial charge on any atom is 0.534 e. The minimum Gasteiger partial charge on any atom is -0.497 e. The highest BCUT2D eigenvalue weighted by Gasteiger charge is 2.56. The Hall–Kier alpha value is -4.26. The number of likely N-dealkylation sites (tertiary alicyclic amines) is 1. The molecule has 49 heavy (non-hydrogen) atoms. The highest BCUT2D eigenvalue weighted by Crippen LogP contribution is 2.41. The van der Waals surface area contributed by atoms with Gasteiger partial charge in [-0.15, -0.1) is 11.6 Å². The zero-order chi connectivity index (χ0) is 36.0. The topological polar surface area (TPSA) is 162 Å². The van der Waals surface area contributed by atoms with E-state index in [4.69, 9.17) is 21.1 Å². The molecule has 3 aromatic carbocycles. The van der Waals surface area contributed by atoms with Crippen LogP contribution in [0.3, 0.4) is 0 Å². The minimum atomic E-state index is -6.46. The average Bonchev–Trinajstić information content (AvgIpc) is 3.07. The maximum absolute atomic E-state index is 13.6. The summed E-state index contributed by atoms with van der Waals surface area (Å²) in [5.41, 5.74) is -6.35. The number of carbonyl (C=O) groups is 3. The van der Waals surface area contributed by atoms with Crippen LogP contribution in [-0.2, 0) is 55.3 Å². The second-order valence-electron chi connectivity index (χ2n) is 9.98. The van der Waals surface area contributed by atoms with Crippen molar-refractivity contribution in [1.29, 1.82) is 0 Å². The fraction of sp³-hybridized carbons (Fsp3) is 0.233. The van der Waals surface area contributed by atoms with Gasteiger partial charge < -0.3 is 19.0 Å². The largest absolute Gasteiger partial charge is 0.534 e. The molecule has 0 bridgehead atoms. The van der Waals surface area contributed by atoms with Crippen molar-refractivity contribution in [1.82, 2.24) is 10.2 Å². The van der Waals surface area contributed by atoms with Gasteiger partial charge in [-0.25, -0.2) is 13.2 Å². The molecule has 19 heteroatoms. The first-order valence-electron chi connectivity index (χ1n) is 13.8. The lowest BCUT2D eigenvalue weighted by molar-refractivity contribution is -0.153. The number of benzene rings is 3. The number of nitrogens with zero attached hydrogens (tertiary/aromatic N) is 1. The van der Waals surface area contributed by atoms with Gasteiger partial charge in [-0.3, -0.25) is 14.5 Å². The van der Waals surface area contributed by atoms with Gasteiger partial charge in [0.05, 0.1) is 24.3 Å². The lowest BCUT2D eigenvalue weighted by Gasteiger charge is -2.46. The number of rotatable bonds is 14. The molecular weight excluding hydrogens is 737 g/mol. The molecule has 0 radical (unpaired) electrons. The van der Waals surface area contributed by atoms with E-state index in [9.17, 15) is 44.4 Å². The minimum absolute atomic E-state index is 0.0622. The smallest absolute Gasteiger partial charge is 0.497 e. The number of nitrogens with one attached hydrogen (secondary N) is 1. The third-order valence-electron chi connectivity index (χ3n) is 6.67. The molecule has 0 aromatic heterocycles. The van der Waals surface area contributed by atoms with Crippen LogP contribution in [0.1, 0.15) is 11.1 Å². The Morgan fingerprint density at radius 1 is 0.918 bits per heavy atom. The fourth-order valence-corrected chi connectivity index (χ4v) is 8.53. The van der Waals surface area contributed by atoms with Crippen molar-refractivity contribution in [3.63, 3.8) is 0 Å². The van der Waals surface area contributed by atoms with Crippen LogP contribution in [0.2, 0.25) is 0 Å². The van der Waals surface area contributed by atoms with Crippen molar-refractivity contribution in [2.45, 2.75) is 34.8 Å². The molecule has 0 spiro atoms. The first-order chi connectivity index (χ1) is 23.1. The molecule has 1 saturated heterocycles. The van der Waals surface area contributed by atoms with Crippen LogP contribution in [0.25, 0.3) is 0 Å². The number of amides is 2. The van der Waals surface area contributed by atoms with Gasteiger partial charge in [0.15, 0.2) is 11.5 Å². The third-order valence-corrected chi connectivity index (χ3v) is 11.6. The molecule has 0 unspecified atom stereocenters. The number of carbonyl (C=O) groups excluding carboxylic acids is 3. The van der Waals surface area contributed by atoms with Crippen LogP contribution >= 0.6 is 22.4 Å². The highest BCUT2D eigenvalue weighted by atomic mass is 35.5. The zero-order valence-electron chi connectivity index (χ0n) is 25.1. The summed E-state index contributed by atoms with van der Waals surface area (Å²) in [7, 11) is -9.39. The molecule has 1 N–H and O–H groups in total. The van der Waals surface area contributed by atoms with Gasteiger partial charge in [-0.05, 0) is 35.4 Å². The summed E-state index contributed by atoms with van der Waals surface area (Å²) in [5, 5.41) is 0.633. The van der Waals surface area contributed by atoms with Gasteiger partial charge in [-0.2, -0.15) is 21.6 Å². The predicted octanol–water partition coefficient (Wildman–Crippen LogP) is 4.07. The Labute approximate surface area is 287 Å². The lowest BCUT2D eigenvalue weighted by atomic mass is 10.0. The lowest BCUT2D eigenvalue weighted by Crippen LogP contribution is -2.70. The summed E-state index contributed by atoms with van der Waals surface area (Å²) in [6.07, 6.45) is -0.250. The Kier molecular flexibility index (Phi) is 11.9. The first-order valence-corrected chi connectivity index (χ1v) is 18.6.